The molecule has 2 saturated heterocycles. The highest BCUT2D eigenvalue weighted by molar-refractivity contribution is 7.20. The number of aromatic nitrogens is 1. The second-order valence-corrected chi connectivity index (χ2v) is 8.65. The number of hydrogen-bond donors (Lipinski definition) is 0. The van der Waals surface area contributed by atoms with Crippen LogP contribution in [0.5, 0.6) is 10.9 Å². The highest BCUT2D eigenvalue weighted by atomic mass is 32.1. The lowest BCUT2D eigenvalue weighted by atomic mass is 10.1. The summed E-state index contributed by atoms with van der Waals surface area (Å²) in [6, 6.07) is 17.3. The Labute approximate surface area is 168 Å². The van der Waals surface area contributed by atoms with Crippen LogP contribution in [-0.4, -0.2) is 52.4 Å². The van der Waals surface area contributed by atoms with Gasteiger partial charge in [0.25, 0.3) is 5.19 Å². The predicted molar refractivity (Wildman–Crippen MR) is 111 cm³/mol. The van der Waals surface area contributed by atoms with E-state index in [0.29, 0.717) is 17.3 Å². The first-order chi connectivity index (χ1) is 13.7. The number of fused-ring (bicyclic) bond motifs is 3. The van der Waals surface area contributed by atoms with E-state index < -0.39 is 0 Å². The molecule has 0 saturated carbocycles. The Hall–Kier alpha value is -2.44. The monoisotopic (exact) mass is 393 g/mol. The maximum absolute atomic E-state index is 11.7. The first kappa shape index (κ1) is 17.6. The number of amides is 1. The van der Waals surface area contributed by atoms with Crippen molar-refractivity contribution in [2.24, 2.45) is 0 Å². The van der Waals surface area contributed by atoms with Gasteiger partial charge in [0.1, 0.15) is 5.75 Å². The third-order valence-corrected chi connectivity index (χ3v) is 6.74. The average Bonchev–Trinajstić information content (AvgIpc) is 3.39. The first-order valence-corrected chi connectivity index (χ1v) is 10.6. The third kappa shape index (κ3) is 3.38. The summed E-state index contributed by atoms with van der Waals surface area (Å²) in [6.07, 6.45) is 2.11. The van der Waals surface area contributed by atoms with E-state index in [1.807, 2.05) is 35.2 Å². The van der Waals surface area contributed by atoms with Crippen LogP contribution in [0, 0.1) is 0 Å². The van der Waals surface area contributed by atoms with Gasteiger partial charge in [0, 0.05) is 38.6 Å². The summed E-state index contributed by atoms with van der Waals surface area (Å²) in [5, 5.41) is 0.680. The minimum absolute atomic E-state index is 0.215. The van der Waals surface area contributed by atoms with Crippen LogP contribution in [0.4, 0.5) is 0 Å². The van der Waals surface area contributed by atoms with Gasteiger partial charge in [-0.1, -0.05) is 35.6 Å². The van der Waals surface area contributed by atoms with Gasteiger partial charge >= 0.3 is 0 Å². The van der Waals surface area contributed by atoms with E-state index in [1.165, 1.54) is 5.56 Å². The average molecular weight is 394 g/mol. The Morgan fingerprint density at radius 1 is 1.18 bits per heavy atom. The van der Waals surface area contributed by atoms with Gasteiger partial charge in [0.05, 0.1) is 10.2 Å². The van der Waals surface area contributed by atoms with Crippen molar-refractivity contribution in [1.29, 1.82) is 0 Å². The van der Waals surface area contributed by atoms with Crippen molar-refractivity contribution >= 4 is 27.5 Å². The first-order valence-electron chi connectivity index (χ1n) is 9.79. The Bertz CT molecular complexity index is 985. The van der Waals surface area contributed by atoms with Crippen LogP contribution in [0.25, 0.3) is 10.2 Å². The Morgan fingerprint density at radius 2 is 2.07 bits per heavy atom. The highest BCUT2D eigenvalue weighted by Gasteiger charge is 2.43. The number of ether oxygens (including phenoxy) is 1. The number of hydrogen-bond acceptors (Lipinski definition) is 5. The van der Waals surface area contributed by atoms with Gasteiger partial charge in [0.2, 0.25) is 5.91 Å². The molecule has 0 unspecified atom stereocenters. The molecule has 2 aliphatic heterocycles. The van der Waals surface area contributed by atoms with Gasteiger partial charge in [-0.15, -0.1) is 0 Å². The van der Waals surface area contributed by atoms with E-state index >= 15 is 0 Å². The van der Waals surface area contributed by atoms with Crippen molar-refractivity contribution in [2.75, 3.05) is 19.6 Å². The molecule has 2 fully saturated rings. The lowest BCUT2D eigenvalue weighted by Crippen LogP contribution is -2.48. The predicted octanol–water partition coefficient (Wildman–Crippen LogP) is 3.94. The summed E-state index contributed by atoms with van der Waals surface area (Å²) >= 11 is 1.57. The van der Waals surface area contributed by atoms with E-state index in [0.717, 1.165) is 48.4 Å². The van der Waals surface area contributed by atoms with E-state index in [4.69, 9.17) is 4.74 Å². The molecule has 5 nitrogen and oxygen atoms in total. The van der Waals surface area contributed by atoms with Gasteiger partial charge in [-0.25, -0.2) is 4.98 Å². The number of thiazole rings is 1. The zero-order valence-electron chi connectivity index (χ0n) is 15.9. The molecular formula is C22H23N3O2S. The standard InChI is InChI=1S/C22H23N3O2S/c1-15(26)25-14-17-12-18(25)13-24(17)10-9-16-5-4-6-19(11-16)27-22-23-20-7-2-3-8-21(20)28-22/h2-8,11,17-18H,9-10,12-14H2,1H3/t17-,18-/m0/s1. The SMILES string of the molecule is CC(=O)N1C[C@@H]2C[C@H]1CN2CCc1cccc(Oc2nc3ccccc3s2)c1. The molecule has 0 radical (unpaired) electrons. The fraction of sp³-hybridized carbons (Fsp3) is 0.364. The number of likely N-dealkylation sites (tertiary alicyclic amines) is 2. The number of piperazine rings is 1. The maximum atomic E-state index is 11.7. The van der Waals surface area contributed by atoms with Crippen LogP contribution in [0.2, 0.25) is 0 Å². The van der Waals surface area contributed by atoms with E-state index in [1.54, 1.807) is 18.3 Å². The van der Waals surface area contributed by atoms with Crippen molar-refractivity contribution in [2.45, 2.75) is 31.8 Å². The lowest BCUT2D eigenvalue weighted by Gasteiger charge is -2.33. The van der Waals surface area contributed by atoms with Gasteiger partial charge in [-0.05, 0) is 42.7 Å². The fourth-order valence-electron chi connectivity index (χ4n) is 4.44. The number of carbonyl (C=O) groups excluding carboxylic acids is 1. The minimum atomic E-state index is 0.215. The van der Waals surface area contributed by atoms with Crippen LogP contribution in [-0.2, 0) is 11.2 Å². The van der Waals surface area contributed by atoms with Crippen molar-refractivity contribution in [1.82, 2.24) is 14.8 Å². The van der Waals surface area contributed by atoms with E-state index in [-0.39, 0.29) is 5.91 Å². The topological polar surface area (TPSA) is 45.7 Å². The zero-order chi connectivity index (χ0) is 19.1. The largest absolute Gasteiger partial charge is 0.431 e. The van der Waals surface area contributed by atoms with Gasteiger partial charge < -0.3 is 9.64 Å². The smallest absolute Gasteiger partial charge is 0.279 e. The number of carbonyl (C=O) groups is 1. The molecule has 0 aliphatic carbocycles. The molecule has 1 amide bonds. The molecule has 3 heterocycles. The molecule has 2 bridgehead atoms. The van der Waals surface area contributed by atoms with E-state index in [2.05, 4.69) is 28.1 Å². The van der Waals surface area contributed by atoms with Crippen LogP contribution in [0.3, 0.4) is 0 Å². The van der Waals surface area contributed by atoms with Crippen LogP contribution in [0.1, 0.15) is 18.9 Å². The van der Waals surface area contributed by atoms with Crippen molar-refractivity contribution < 1.29 is 9.53 Å². The maximum Gasteiger partial charge on any atom is 0.279 e. The molecule has 2 atom stereocenters. The number of rotatable bonds is 5. The molecule has 5 rings (SSSR count). The number of nitrogens with zero attached hydrogens (tertiary/aromatic N) is 3. The minimum Gasteiger partial charge on any atom is -0.431 e. The second-order valence-electron chi connectivity index (χ2n) is 7.66. The van der Waals surface area contributed by atoms with Crippen LogP contribution < -0.4 is 4.74 Å². The molecule has 2 aliphatic rings. The molecule has 0 N–H and O–H groups in total. The normalized spacial score (nSPS) is 21.5. The lowest BCUT2D eigenvalue weighted by molar-refractivity contribution is -0.131. The number of para-hydroxylation sites is 1. The summed E-state index contributed by atoms with van der Waals surface area (Å²) in [7, 11) is 0. The second kappa shape index (κ2) is 7.18. The summed E-state index contributed by atoms with van der Waals surface area (Å²) in [4.78, 5) is 20.8. The summed E-state index contributed by atoms with van der Waals surface area (Å²) in [6.45, 7) is 4.60. The molecule has 144 valence electrons. The van der Waals surface area contributed by atoms with Gasteiger partial charge in [-0.2, -0.15) is 0 Å². The Morgan fingerprint density at radius 3 is 2.86 bits per heavy atom. The van der Waals surface area contributed by atoms with Gasteiger partial charge in [-0.3, -0.25) is 9.69 Å². The molecule has 1 aromatic heterocycles. The summed E-state index contributed by atoms with van der Waals surface area (Å²) in [5.74, 6) is 1.05. The molecule has 2 aromatic carbocycles. The molecular weight excluding hydrogens is 370 g/mol. The third-order valence-electron chi connectivity index (χ3n) is 5.82. The Kier molecular flexibility index (Phi) is 4.53. The molecule has 3 aromatic rings. The van der Waals surface area contributed by atoms with Gasteiger partial charge in [0.15, 0.2) is 0 Å². The van der Waals surface area contributed by atoms with Crippen LogP contribution in [0.15, 0.2) is 48.5 Å². The molecule has 28 heavy (non-hydrogen) atoms. The summed E-state index contributed by atoms with van der Waals surface area (Å²) < 4.78 is 7.15. The fourth-order valence-corrected chi connectivity index (χ4v) is 5.28. The number of benzene rings is 2. The Balaban J connectivity index is 1.21. The van der Waals surface area contributed by atoms with Crippen molar-refractivity contribution in [3.63, 3.8) is 0 Å². The highest BCUT2D eigenvalue weighted by Crippen LogP contribution is 2.32. The van der Waals surface area contributed by atoms with E-state index in [9.17, 15) is 4.79 Å². The zero-order valence-corrected chi connectivity index (χ0v) is 16.7. The summed E-state index contributed by atoms with van der Waals surface area (Å²) in [5.41, 5.74) is 2.24. The quantitative estimate of drug-likeness (QED) is 0.659. The van der Waals surface area contributed by atoms with Crippen LogP contribution >= 0.6 is 11.3 Å². The molecule has 6 heteroatoms. The molecule has 0 spiro atoms. The van der Waals surface area contributed by atoms with Crippen molar-refractivity contribution in [3.05, 3.63) is 54.1 Å². The van der Waals surface area contributed by atoms with Crippen molar-refractivity contribution in [3.8, 4) is 10.9 Å².